The number of hydrogen-bond donors (Lipinski definition) is 3. The summed E-state index contributed by atoms with van der Waals surface area (Å²) in [5, 5.41) is 2.36. The quantitative estimate of drug-likeness (QED) is 0.409. The average molecular weight is 478 g/mol. The van der Waals surface area contributed by atoms with Crippen LogP contribution in [-0.4, -0.2) is 45.5 Å². The molecule has 0 spiro atoms. The molecule has 0 saturated carbocycles. The molecular weight excluding hydrogens is 455 g/mol. The zero-order chi connectivity index (χ0) is 24.1. The number of carbonyl (C=O) groups excluding carboxylic acids is 1. The number of nitrogens with one attached hydrogen (secondary N) is 1. The zero-order valence-electron chi connectivity index (χ0n) is 17.8. The van der Waals surface area contributed by atoms with Gasteiger partial charge in [-0.15, -0.1) is 0 Å². The summed E-state index contributed by atoms with van der Waals surface area (Å²) in [4.78, 5) is 16.0. The van der Waals surface area contributed by atoms with Gasteiger partial charge in [0.25, 0.3) is 20.2 Å². The van der Waals surface area contributed by atoms with Gasteiger partial charge in [-0.25, -0.2) is 0 Å². The van der Waals surface area contributed by atoms with Gasteiger partial charge >= 0.3 is 0 Å². The maximum absolute atomic E-state index is 12.8. The second-order valence-corrected chi connectivity index (χ2v) is 10.8. The fraction of sp³-hybridized carbons (Fsp3) is 0.400. The molecule has 2 aromatic rings. The van der Waals surface area contributed by atoms with Gasteiger partial charge in [-0.2, -0.15) is 16.8 Å². The van der Waals surface area contributed by atoms with E-state index in [1.165, 1.54) is 6.07 Å². The van der Waals surface area contributed by atoms with E-state index in [0.717, 1.165) is 12.5 Å². The highest BCUT2D eigenvalue weighted by molar-refractivity contribution is 7.86. The molecule has 0 bridgehead atoms. The van der Waals surface area contributed by atoms with Crippen LogP contribution in [0.1, 0.15) is 45.6 Å². The van der Waals surface area contributed by atoms with Crippen molar-refractivity contribution in [1.29, 1.82) is 0 Å². The molecule has 0 aliphatic carbocycles. The fourth-order valence-electron chi connectivity index (χ4n) is 4.46. The first-order valence-electron chi connectivity index (χ1n) is 9.89. The lowest BCUT2D eigenvalue weighted by Crippen LogP contribution is -2.45. The van der Waals surface area contributed by atoms with Crippen LogP contribution in [-0.2, 0) is 30.4 Å². The molecule has 3 N–H and O–H groups in total. The number of hydrogen-bond acceptors (Lipinski definition) is 6. The first-order valence-corrected chi connectivity index (χ1v) is 12.8. The van der Waals surface area contributed by atoms with E-state index in [1.54, 1.807) is 19.9 Å². The molecule has 2 unspecified atom stereocenters. The van der Waals surface area contributed by atoms with Crippen molar-refractivity contribution in [2.75, 3.05) is 0 Å². The highest BCUT2D eigenvalue weighted by Gasteiger charge is 2.47. The minimum Gasteiger partial charge on any atom is -0.409 e. The SMILES string of the molecule is [B]NC(=O)C(CCCC)C1(C)C(C)=Nc2ccc3c(S(=O)(=O)O)cc(S(=O)(=O)O)cc3c21. The van der Waals surface area contributed by atoms with Gasteiger partial charge in [0.05, 0.1) is 16.5 Å². The number of amides is 1. The van der Waals surface area contributed by atoms with E-state index in [9.17, 15) is 30.7 Å². The molecule has 2 radical (unpaired) electrons. The smallest absolute Gasteiger partial charge is 0.295 e. The van der Waals surface area contributed by atoms with Crippen LogP contribution < -0.4 is 5.23 Å². The Bertz CT molecular complexity index is 1350. The lowest BCUT2D eigenvalue weighted by Gasteiger charge is -2.35. The predicted molar refractivity (Wildman–Crippen MR) is 121 cm³/mol. The second-order valence-electron chi connectivity index (χ2n) is 8.03. The standard InChI is InChI=1S/C20H23BN2O7S2/c1-4-5-6-15(19(24)23-21)20(3)11(2)22-16-8-7-13-14(18(16)20)9-12(31(25,26)27)10-17(13)32(28,29)30/h7-10,15H,4-6H2,1-3H3,(H,23,24)(H,25,26,27)(H,28,29,30). The van der Waals surface area contributed by atoms with Gasteiger partial charge in [-0.1, -0.05) is 25.8 Å². The van der Waals surface area contributed by atoms with Gasteiger partial charge < -0.3 is 5.23 Å². The molecule has 3 rings (SSSR count). The van der Waals surface area contributed by atoms with Crippen molar-refractivity contribution < 1.29 is 30.7 Å². The molecule has 1 aliphatic heterocycles. The zero-order valence-corrected chi connectivity index (χ0v) is 19.4. The summed E-state index contributed by atoms with van der Waals surface area (Å²) in [5.74, 6) is -1.13. The summed E-state index contributed by atoms with van der Waals surface area (Å²) in [6.07, 6.45) is 1.96. The second kappa shape index (κ2) is 8.25. The monoisotopic (exact) mass is 478 g/mol. The van der Waals surface area contributed by atoms with E-state index in [4.69, 9.17) is 7.98 Å². The van der Waals surface area contributed by atoms with E-state index >= 15 is 0 Å². The first-order chi connectivity index (χ1) is 14.8. The van der Waals surface area contributed by atoms with E-state index in [1.807, 2.05) is 6.92 Å². The van der Waals surface area contributed by atoms with Crippen molar-refractivity contribution in [3.05, 3.63) is 29.8 Å². The summed E-state index contributed by atoms with van der Waals surface area (Å²) in [6.45, 7) is 5.46. The van der Waals surface area contributed by atoms with Crippen molar-refractivity contribution in [2.24, 2.45) is 10.9 Å². The third kappa shape index (κ3) is 3.96. The van der Waals surface area contributed by atoms with Crippen molar-refractivity contribution in [2.45, 2.75) is 55.2 Å². The Balaban J connectivity index is 2.47. The molecule has 12 heteroatoms. The van der Waals surface area contributed by atoms with Crippen LogP contribution in [0.2, 0.25) is 0 Å². The number of carbonyl (C=O) groups is 1. The summed E-state index contributed by atoms with van der Waals surface area (Å²) in [6, 6.07) is 4.77. The first kappa shape index (κ1) is 24.4. The van der Waals surface area contributed by atoms with Crippen LogP contribution in [0.3, 0.4) is 0 Å². The van der Waals surface area contributed by atoms with Crippen molar-refractivity contribution in [3.8, 4) is 0 Å². The Kier molecular flexibility index (Phi) is 6.28. The van der Waals surface area contributed by atoms with Crippen LogP contribution in [0.5, 0.6) is 0 Å². The van der Waals surface area contributed by atoms with Crippen LogP contribution in [0, 0.1) is 5.92 Å². The molecule has 9 nitrogen and oxygen atoms in total. The van der Waals surface area contributed by atoms with Crippen molar-refractivity contribution in [1.82, 2.24) is 5.23 Å². The van der Waals surface area contributed by atoms with Crippen LogP contribution >= 0.6 is 0 Å². The van der Waals surface area contributed by atoms with Gasteiger partial charge in [-0.3, -0.25) is 18.9 Å². The Hall–Kier alpha value is -2.28. The number of unbranched alkanes of at least 4 members (excludes halogenated alkanes) is 1. The van der Waals surface area contributed by atoms with E-state index in [2.05, 4.69) is 10.2 Å². The van der Waals surface area contributed by atoms with Gasteiger partial charge in [0, 0.05) is 16.5 Å². The Labute approximate surface area is 188 Å². The molecule has 170 valence electrons. The predicted octanol–water partition coefficient (Wildman–Crippen LogP) is 2.70. The van der Waals surface area contributed by atoms with Crippen molar-refractivity contribution >= 4 is 56.3 Å². The van der Waals surface area contributed by atoms with Crippen LogP contribution in [0.25, 0.3) is 10.8 Å². The number of fused-ring (bicyclic) bond motifs is 3. The molecule has 32 heavy (non-hydrogen) atoms. The maximum Gasteiger partial charge on any atom is 0.295 e. The lowest BCUT2D eigenvalue weighted by atomic mass is 9.66. The minimum atomic E-state index is -4.85. The molecule has 0 aromatic heterocycles. The number of aliphatic imine (C=N–C) groups is 1. The fourth-order valence-corrected chi connectivity index (χ4v) is 5.80. The largest absolute Gasteiger partial charge is 0.409 e. The average Bonchev–Trinajstić information content (AvgIpc) is 2.96. The van der Waals surface area contributed by atoms with Gasteiger partial charge in [0.1, 0.15) is 4.90 Å². The molecular formula is C20H23BN2O7S2. The summed E-state index contributed by atoms with van der Waals surface area (Å²) in [5.41, 5.74) is 0.363. The van der Waals surface area contributed by atoms with Gasteiger partial charge in [0.15, 0.2) is 0 Å². The Morgan fingerprint density at radius 1 is 1.16 bits per heavy atom. The molecule has 1 amide bonds. The number of rotatable bonds is 7. The molecule has 2 atom stereocenters. The molecule has 1 aliphatic rings. The molecule has 0 fully saturated rings. The molecule has 2 aromatic carbocycles. The third-order valence-electron chi connectivity index (χ3n) is 6.19. The maximum atomic E-state index is 12.8. The third-order valence-corrected chi connectivity index (χ3v) is 7.91. The normalized spacial score (nSPS) is 19.5. The topological polar surface area (TPSA) is 150 Å². The lowest BCUT2D eigenvalue weighted by molar-refractivity contribution is -0.124. The Morgan fingerprint density at radius 2 is 1.81 bits per heavy atom. The van der Waals surface area contributed by atoms with Crippen LogP contribution in [0.15, 0.2) is 39.0 Å². The summed E-state index contributed by atoms with van der Waals surface area (Å²) >= 11 is 0. The van der Waals surface area contributed by atoms with Crippen molar-refractivity contribution in [3.63, 3.8) is 0 Å². The van der Waals surface area contributed by atoms with Gasteiger partial charge in [-0.05, 0) is 49.4 Å². The molecule has 1 heterocycles. The highest BCUT2D eigenvalue weighted by Crippen LogP contribution is 2.50. The van der Waals surface area contributed by atoms with E-state index < -0.39 is 47.3 Å². The van der Waals surface area contributed by atoms with Crippen LogP contribution in [0.4, 0.5) is 5.69 Å². The minimum absolute atomic E-state index is 0.0390. The highest BCUT2D eigenvalue weighted by atomic mass is 32.2. The van der Waals surface area contributed by atoms with Gasteiger partial charge in [0.2, 0.25) is 13.9 Å². The van der Waals surface area contributed by atoms with E-state index in [0.29, 0.717) is 35.9 Å². The summed E-state index contributed by atoms with van der Waals surface area (Å²) in [7, 11) is -4.21. The number of nitrogens with zero attached hydrogens (tertiary/aromatic N) is 1. The summed E-state index contributed by atoms with van der Waals surface area (Å²) < 4.78 is 67.2. The Morgan fingerprint density at radius 3 is 2.34 bits per heavy atom. The van der Waals surface area contributed by atoms with E-state index in [-0.39, 0.29) is 10.8 Å². The molecule has 0 saturated heterocycles. The number of benzene rings is 2.